The van der Waals surface area contributed by atoms with Crippen molar-refractivity contribution in [2.24, 2.45) is 11.1 Å². The van der Waals surface area contributed by atoms with Gasteiger partial charge in [0.1, 0.15) is 0 Å². The lowest BCUT2D eigenvalue weighted by molar-refractivity contribution is -0.122. The van der Waals surface area contributed by atoms with Crippen molar-refractivity contribution in [2.75, 3.05) is 16.8 Å². The monoisotopic (exact) mass is 359 g/mol. The maximum atomic E-state index is 12.4. The quantitative estimate of drug-likeness (QED) is 0.858. The zero-order chi connectivity index (χ0) is 18.0. The first-order valence-corrected chi connectivity index (χ1v) is 9.18. The van der Waals surface area contributed by atoms with E-state index in [2.05, 4.69) is 5.32 Å². The van der Waals surface area contributed by atoms with Crippen LogP contribution < -0.4 is 15.4 Å². The first-order valence-electron chi connectivity index (χ1n) is 7.64. The molecule has 130 valence electrons. The molecular formula is C17H17N3O4S. The number of hydrogen-bond acceptors (Lipinski definition) is 4. The van der Waals surface area contributed by atoms with Gasteiger partial charge < -0.3 is 10.2 Å². The minimum absolute atomic E-state index is 0.0307. The number of nitrogens with zero attached hydrogens (tertiary/aromatic N) is 1. The average molecular weight is 359 g/mol. The molecule has 0 spiro atoms. The van der Waals surface area contributed by atoms with Crippen LogP contribution in [0.1, 0.15) is 6.42 Å². The number of hydrogen-bond donors (Lipinski definition) is 2. The Hall–Kier alpha value is -2.71. The maximum absolute atomic E-state index is 12.4. The molecule has 3 N–H and O–H groups in total. The van der Waals surface area contributed by atoms with E-state index in [9.17, 15) is 18.0 Å². The molecule has 1 aliphatic rings. The van der Waals surface area contributed by atoms with E-state index in [0.717, 1.165) is 5.69 Å². The molecule has 2 aromatic carbocycles. The van der Waals surface area contributed by atoms with Gasteiger partial charge in [-0.2, -0.15) is 0 Å². The van der Waals surface area contributed by atoms with Crippen molar-refractivity contribution in [1.29, 1.82) is 0 Å². The average Bonchev–Trinajstić information content (AvgIpc) is 2.97. The summed E-state index contributed by atoms with van der Waals surface area (Å²) in [7, 11) is -3.77. The van der Waals surface area contributed by atoms with Gasteiger partial charge in [-0.25, -0.2) is 13.6 Å². The number of primary sulfonamides is 1. The smallest absolute Gasteiger partial charge is 0.238 e. The highest BCUT2D eigenvalue weighted by Gasteiger charge is 2.35. The highest BCUT2D eigenvalue weighted by Crippen LogP contribution is 2.26. The van der Waals surface area contributed by atoms with Crippen LogP contribution in [-0.4, -0.2) is 26.8 Å². The van der Waals surface area contributed by atoms with Gasteiger partial charge in [0.05, 0.1) is 10.8 Å². The van der Waals surface area contributed by atoms with Crippen LogP contribution in [0.3, 0.4) is 0 Å². The number of para-hydroxylation sites is 1. The van der Waals surface area contributed by atoms with E-state index < -0.39 is 15.9 Å². The molecule has 1 heterocycles. The first-order chi connectivity index (χ1) is 11.8. The summed E-state index contributed by atoms with van der Waals surface area (Å²) in [5.74, 6) is -0.850. The van der Waals surface area contributed by atoms with E-state index in [4.69, 9.17) is 5.14 Å². The van der Waals surface area contributed by atoms with Gasteiger partial charge in [0, 0.05) is 24.3 Å². The summed E-state index contributed by atoms with van der Waals surface area (Å²) in [6, 6.07) is 14.7. The largest absolute Gasteiger partial charge is 0.326 e. The van der Waals surface area contributed by atoms with Crippen molar-refractivity contribution in [1.82, 2.24) is 0 Å². The van der Waals surface area contributed by atoms with Crippen LogP contribution in [-0.2, 0) is 19.6 Å². The van der Waals surface area contributed by atoms with Crippen LogP contribution in [0.15, 0.2) is 59.5 Å². The van der Waals surface area contributed by atoms with Crippen LogP contribution >= 0.6 is 0 Å². The third-order valence-corrected chi connectivity index (χ3v) is 4.94. The zero-order valence-corrected chi connectivity index (χ0v) is 14.1. The molecule has 7 nitrogen and oxygen atoms in total. The lowest BCUT2D eigenvalue weighted by atomic mass is 10.1. The predicted molar refractivity (Wildman–Crippen MR) is 93.3 cm³/mol. The molecule has 1 atom stereocenters. The van der Waals surface area contributed by atoms with E-state index in [1.54, 1.807) is 4.90 Å². The molecule has 0 radical (unpaired) electrons. The highest BCUT2D eigenvalue weighted by atomic mass is 32.2. The third-order valence-electron chi connectivity index (χ3n) is 4.01. The van der Waals surface area contributed by atoms with E-state index in [1.165, 1.54) is 24.3 Å². The van der Waals surface area contributed by atoms with Crippen LogP contribution in [0.5, 0.6) is 0 Å². The van der Waals surface area contributed by atoms with Gasteiger partial charge in [-0.05, 0) is 36.4 Å². The number of nitrogens with two attached hydrogens (primary N) is 1. The molecule has 1 fully saturated rings. The molecule has 0 bridgehead atoms. The molecule has 0 unspecified atom stereocenters. The van der Waals surface area contributed by atoms with Crippen molar-refractivity contribution in [3.05, 3.63) is 54.6 Å². The third kappa shape index (κ3) is 3.86. The fourth-order valence-electron chi connectivity index (χ4n) is 2.71. The van der Waals surface area contributed by atoms with Crippen LogP contribution in [0.4, 0.5) is 11.4 Å². The van der Waals surface area contributed by atoms with E-state index >= 15 is 0 Å². The van der Waals surface area contributed by atoms with Gasteiger partial charge in [-0.1, -0.05) is 18.2 Å². The van der Waals surface area contributed by atoms with Gasteiger partial charge in [0.15, 0.2) is 0 Å². The SMILES string of the molecule is NS(=O)(=O)c1ccc(NC(=O)[C@@H]2CC(=O)N(c3ccccc3)C2)cc1. The Morgan fingerprint density at radius 3 is 2.32 bits per heavy atom. The number of carbonyl (C=O) groups excluding carboxylic acids is 2. The Morgan fingerprint density at radius 1 is 1.08 bits per heavy atom. The van der Waals surface area contributed by atoms with Gasteiger partial charge in [0.25, 0.3) is 0 Å². The molecule has 0 aliphatic carbocycles. The zero-order valence-electron chi connectivity index (χ0n) is 13.3. The summed E-state index contributed by atoms with van der Waals surface area (Å²) in [5, 5.41) is 7.74. The van der Waals surface area contributed by atoms with Crippen molar-refractivity contribution in [3.63, 3.8) is 0 Å². The minimum Gasteiger partial charge on any atom is -0.326 e. The topological polar surface area (TPSA) is 110 Å². The van der Waals surface area contributed by atoms with Crippen LogP contribution in [0.2, 0.25) is 0 Å². The molecule has 1 aliphatic heterocycles. The summed E-state index contributed by atoms with van der Waals surface area (Å²) < 4.78 is 22.5. The normalized spacial score (nSPS) is 17.6. The molecule has 2 amide bonds. The Morgan fingerprint density at radius 2 is 1.72 bits per heavy atom. The number of benzene rings is 2. The summed E-state index contributed by atoms with van der Waals surface area (Å²) in [6.07, 6.45) is 0.135. The van der Waals surface area contributed by atoms with E-state index in [1.807, 2.05) is 30.3 Å². The van der Waals surface area contributed by atoms with Crippen LogP contribution in [0.25, 0.3) is 0 Å². The Labute approximate surface area is 145 Å². The molecule has 0 saturated carbocycles. The van der Waals surface area contributed by atoms with E-state index in [-0.39, 0.29) is 23.1 Å². The number of amides is 2. The summed E-state index contributed by atoms with van der Waals surface area (Å²) >= 11 is 0. The van der Waals surface area contributed by atoms with E-state index in [0.29, 0.717) is 12.2 Å². The Kier molecular flexibility index (Phi) is 4.56. The fraction of sp³-hybridized carbons (Fsp3) is 0.176. The van der Waals surface area contributed by atoms with Crippen molar-refractivity contribution < 1.29 is 18.0 Å². The second-order valence-electron chi connectivity index (χ2n) is 5.80. The summed E-state index contributed by atoms with van der Waals surface area (Å²) in [6.45, 7) is 0.309. The van der Waals surface area contributed by atoms with Gasteiger partial charge >= 0.3 is 0 Å². The molecule has 25 heavy (non-hydrogen) atoms. The second kappa shape index (κ2) is 6.66. The molecule has 3 rings (SSSR count). The minimum atomic E-state index is -3.77. The molecule has 2 aromatic rings. The molecular weight excluding hydrogens is 342 g/mol. The van der Waals surface area contributed by atoms with Crippen LogP contribution in [0, 0.1) is 5.92 Å². The lowest BCUT2D eigenvalue weighted by Gasteiger charge is -2.16. The number of sulfonamides is 1. The number of carbonyl (C=O) groups is 2. The molecule has 1 saturated heterocycles. The molecule has 8 heteroatoms. The Bertz CT molecular complexity index is 895. The lowest BCUT2D eigenvalue weighted by Crippen LogP contribution is -2.28. The number of anilines is 2. The highest BCUT2D eigenvalue weighted by molar-refractivity contribution is 7.89. The number of rotatable bonds is 4. The Balaban J connectivity index is 1.67. The number of nitrogens with one attached hydrogen (secondary N) is 1. The summed E-state index contributed by atoms with van der Waals surface area (Å²) in [4.78, 5) is 26.1. The predicted octanol–water partition coefficient (Wildman–Crippen LogP) is 1.33. The van der Waals surface area contributed by atoms with Crippen molar-refractivity contribution >= 4 is 33.2 Å². The summed E-state index contributed by atoms with van der Waals surface area (Å²) in [5.41, 5.74) is 1.21. The second-order valence-corrected chi connectivity index (χ2v) is 7.36. The first kappa shape index (κ1) is 17.1. The van der Waals surface area contributed by atoms with Gasteiger partial charge in [-0.15, -0.1) is 0 Å². The van der Waals surface area contributed by atoms with Crippen molar-refractivity contribution in [2.45, 2.75) is 11.3 Å². The maximum Gasteiger partial charge on any atom is 0.238 e. The van der Waals surface area contributed by atoms with Gasteiger partial charge in [0.2, 0.25) is 21.8 Å². The van der Waals surface area contributed by atoms with Gasteiger partial charge in [-0.3, -0.25) is 9.59 Å². The van der Waals surface area contributed by atoms with Crippen molar-refractivity contribution in [3.8, 4) is 0 Å². The standard InChI is InChI=1S/C17H17N3O4S/c18-25(23,24)15-8-6-13(7-9-15)19-17(22)12-10-16(21)20(11-12)14-4-2-1-3-5-14/h1-9,12H,10-11H2,(H,19,22)(H2,18,23,24)/t12-/m1/s1. The fourth-order valence-corrected chi connectivity index (χ4v) is 3.23. The molecule has 0 aromatic heterocycles.